The molecule has 1 fully saturated rings. The van der Waals surface area contributed by atoms with E-state index in [1.807, 2.05) is 42.5 Å². The number of benzene rings is 2. The Kier molecular flexibility index (Phi) is 7.57. The number of hydrogen-bond acceptors (Lipinski definition) is 5. The van der Waals surface area contributed by atoms with Crippen LogP contribution in [0.3, 0.4) is 0 Å². The Morgan fingerprint density at radius 3 is 2.48 bits per heavy atom. The highest BCUT2D eigenvalue weighted by Crippen LogP contribution is 2.45. The van der Waals surface area contributed by atoms with E-state index in [1.54, 1.807) is 7.11 Å². The first-order chi connectivity index (χ1) is 13.9. The van der Waals surface area contributed by atoms with Gasteiger partial charge in [0.15, 0.2) is 11.5 Å². The molecule has 1 aliphatic heterocycles. The summed E-state index contributed by atoms with van der Waals surface area (Å²) in [5.41, 5.74) is 1.86. The molecule has 0 amide bonds. The maximum absolute atomic E-state index is 10.7. The van der Waals surface area contributed by atoms with Crippen LogP contribution in [0.1, 0.15) is 50.3 Å². The second-order valence-electron chi connectivity index (χ2n) is 8.00. The monoisotopic (exact) mass is 463 g/mol. The van der Waals surface area contributed by atoms with Gasteiger partial charge in [-0.2, -0.15) is 5.06 Å². The lowest BCUT2D eigenvalue weighted by molar-refractivity contribution is -0.166. The Hall–Kier alpha value is -1.60. The van der Waals surface area contributed by atoms with Crippen LogP contribution in [0.5, 0.6) is 11.5 Å². The van der Waals surface area contributed by atoms with Crippen molar-refractivity contribution in [3.05, 3.63) is 58.1 Å². The van der Waals surface area contributed by atoms with Crippen LogP contribution in [-0.2, 0) is 11.3 Å². The molecule has 1 N–H and O–H groups in total. The van der Waals surface area contributed by atoms with Crippen LogP contribution in [0, 0.1) is 0 Å². The van der Waals surface area contributed by atoms with Gasteiger partial charge in [0.05, 0.1) is 12.6 Å². The van der Waals surface area contributed by atoms with Crippen LogP contribution in [0.4, 0.5) is 0 Å². The van der Waals surface area contributed by atoms with Gasteiger partial charge in [0.1, 0.15) is 6.61 Å². The fourth-order valence-electron chi connectivity index (χ4n) is 3.59. The molecule has 158 valence electrons. The third-order valence-corrected chi connectivity index (χ3v) is 6.04. The Labute approximate surface area is 181 Å². The van der Waals surface area contributed by atoms with Crippen LogP contribution in [0.25, 0.3) is 0 Å². The summed E-state index contributed by atoms with van der Waals surface area (Å²) >= 11 is 3.68. The zero-order valence-electron chi connectivity index (χ0n) is 17.4. The predicted octanol–water partition coefficient (Wildman–Crippen LogP) is 5.75. The summed E-state index contributed by atoms with van der Waals surface area (Å²) in [6.45, 7) is 5.75. The Morgan fingerprint density at radius 2 is 1.83 bits per heavy atom. The molecule has 3 rings (SSSR count). The molecule has 0 bridgehead atoms. The summed E-state index contributed by atoms with van der Waals surface area (Å²) in [6.07, 6.45) is 2.61. The van der Waals surface area contributed by atoms with Gasteiger partial charge in [0.25, 0.3) is 0 Å². The lowest BCUT2D eigenvalue weighted by Gasteiger charge is -2.30. The highest BCUT2D eigenvalue weighted by Gasteiger charge is 2.40. The zero-order chi connectivity index (χ0) is 20.9. The summed E-state index contributed by atoms with van der Waals surface area (Å²) in [5, 5.41) is 12.1. The van der Waals surface area contributed by atoms with Crippen molar-refractivity contribution in [2.75, 3.05) is 20.3 Å². The minimum absolute atomic E-state index is 0.0797. The molecule has 0 radical (unpaired) electrons. The van der Waals surface area contributed by atoms with Gasteiger partial charge in [0.2, 0.25) is 0 Å². The van der Waals surface area contributed by atoms with Crippen molar-refractivity contribution in [2.24, 2.45) is 0 Å². The van der Waals surface area contributed by atoms with Crippen LogP contribution >= 0.6 is 15.9 Å². The van der Waals surface area contributed by atoms with Gasteiger partial charge in [-0.3, -0.25) is 0 Å². The van der Waals surface area contributed by atoms with E-state index in [-0.39, 0.29) is 11.6 Å². The van der Waals surface area contributed by atoms with E-state index >= 15 is 0 Å². The van der Waals surface area contributed by atoms with Crippen LogP contribution in [0.15, 0.2) is 46.9 Å². The maximum Gasteiger partial charge on any atom is 0.162 e. The van der Waals surface area contributed by atoms with E-state index in [9.17, 15) is 5.21 Å². The molecule has 1 aliphatic rings. The van der Waals surface area contributed by atoms with Gasteiger partial charge in [-0.25, -0.2) is 0 Å². The van der Waals surface area contributed by atoms with E-state index < -0.39 is 0 Å². The van der Waals surface area contributed by atoms with E-state index in [0.29, 0.717) is 31.3 Å². The van der Waals surface area contributed by atoms with Crippen molar-refractivity contribution in [1.29, 1.82) is 0 Å². The predicted molar refractivity (Wildman–Crippen MR) is 117 cm³/mol. The van der Waals surface area contributed by atoms with Gasteiger partial charge in [-0.05, 0) is 49.9 Å². The number of halogens is 1. The van der Waals surface area contributed by atoms with Crippen LogP contribution in [-0.4, -0.2) is 36.1 Å². The standard InChI is InChI=1S/C23H30BrNO4/c1-23(2)11-10-20(25(23)26)18-14-21(28-13-7-12-27-3)22(15-19(18)24)29-16-17-8-5-4-6-9-17/h4-6,8-9,14-15,20,26H,7,10-13,16H2,1-3H3. The molecule has 1 unspecified atom stereocenters. The fourth-order valence-corrected chi connectivity index (χ4v) is 4.18. The van der Waals surface area contributed by atoms with E-state index in [4.69, 9.17) is 14.2 Å². The normalized spacial score (nSPS) is 18.7. The molecule has 5 nitrogen and oxygen atoms in total. The van der Waals surface area contributed by atoms with Crippen molar-refractivity contribution in [2.45, 2.75) is 51.3 Å². The summed E-state index contributed by atoms with van der Waals surface area (Å²) in [7, 11) is 1.68. The molecular weight excluding hydrogens is 434 g/mol. The van der Waals surface area contributed by atoms with Crippen LogP contribution in [0.2, 0.25) is 0 Å². The van der Waals surface area contributed by atoms with Crippen molar-refractivity contribution >= 4 is 15.9 Å². The SMILES string of the molecule is COCCCOc1cc(C2CCC(C)(C)N2O)c(Br)cc1OCc1ccccc1. The number of methoxy groups -OCH3 is 1. The molecule has 1 atom stereocenters. The van der Waals surface area contributed by atoms with Gasteiger partial charge in [-0.15, -0.1) is 0 Å². The van der Waals surface area contributed by atoms with Gasteiger partial charge in [0, 0.05) is 30.1 Å². The molecule has 0 aliphatic carbocycles. The summed E-state index contributed by atoms with van der Waals surface area (Å²) in [4.78, 5) is 0. The fraction of sp³-hybridized carbons (Fsp3) is 0.478. The number of ether oxygens (including phenoxy) is 3. The Bertz CT molecular complexity index is 797. The topological polar surface area (TPSA) is 51.2 Å². The molecule has 29 heavy (non-hydrogen) atoms. The highest BCUT2D eigenvalue weighted by molar-refractivity contribution is 9.10. The largest absolute Gasteiger partial charge is 0.490 e. The molecular formula is C23H30BrNO4. The molecule has 2 aromatic carbocycles. The molecule has 0 saturated carbocycles. The molecule has 2 aromatic rings. The van der Waals surface area contributed by atoms with Gasteiger partial charge < -0.3 is 19.4 Å². The average molecular weight is 464 g/mol. The van der Waals surface area contributed by atoms with Crippen molar-refractivity contribution in [1.82, 2.24) is 5.06 Å². The minimum atomic E-state index is -0.244. The minimum Gasteiger partial charge on any atom is -0.490 e. The summed E-state index contributed by atoms with van der Waals surface area (Å²) in [5.74, 6) is 1.37. The lowest BCUT2D eigenvalue weighted by Crippen LogP contribution is -2.36. The smallest absolute Gasteiger partial charge is 0.162 e. The first-order valence-corrected chi connectivity index (χ1v) is 10.8. The Balaban J connectivity index is 1.83. The summed E-state index contributed by atoms with van der Waals surface area (Å²) < 4.78 is 18.2. The Morgan fingerprint density at radius 1 is 1.10 bits per heavy atom. The zero-order valence-corrected chi connectivity index (χ0v) is 18.9. The van der Waals surface area contributed by atoms with Crippen molar-refractivity contribution in [3.63, 3.8) is 0 Å². The lowest BCUT2D eigenvalue weighted by atomic mass is 10.0. The highest BCUT2D eigenvalue weighted by atomic mass is 79.9. The molecule has 0 spiro atoms. The second kappa shape index (κ2) is 9.94. The first kappa shape index (κ1) is 22.1. The molecule has 6 heteroatoms. The van der Waals surface area contributed by atoms with Crippen LogP contribution < -0.4 is 9.47 Å². The van der Waals surface area contributed by atoms with E-state index in [1.165, 1.54) is 5.06 Å². The maximum atomic E-state index is 10.7. The summed E-state index contributed by atoms with van der Waals surface area (Å²) in [6, 6.07) is 13.9. The van der Waals surface area contributed by atoms with Crippen molar-refractivity contribution in [3.8, 4) is 11.5 Å². The molecule has 0 aromatic heterocycles. The van der Waals surface area contributed by atoms with E-state index in [0.717, 1.165) is 34.9 Å². The van der Waals surface area contributed by atoms with Crippen molar-refractivity contribution < 1.29 is 19.4 Å². The number of hydroxylamine groups is 2. The molecule has 1 saturated heterocycles. The van der Waals surface area contributed by atoms with E-state index in [2.05, 4.69) is 29.8 Å². The number of hydrogen-bond donors (Lipinski definition) is 1. The third-order valence-electron chi connectivity index (χ3n) is 5.35. The van der Waals surface area contributed by atoms with Gasteiger partial charge >= 0.3 is 0 Å². The average Bonchev–Trinajstić information content (AvgIpc) is 2.98. The second-order valence-corrected chi connectivity index (χ2v) is 8.86. The number of nitrogens with zero attached hydrogens (tertiary/aromatic N) is 1. The van der Waals surface area contributed by atoms with Gasteiger partial charge in [-0.1, -0.05) is 46.3 Å². The quantitative estimate of drug-likeness (QED) is 0.479. The molecule has 1 heterocycles. The number of rotatable bonds is 9. The third kappa shape index (κ3) is 5.51. The first-order valence-electron chi connectivity index (χ1n) is 10.0.